The highest BCUT2D eigenvalue weighted by Crippen LogP contribution is 2.45. The molecular weight excluding hydrogens is 250 g/mol. The second-order valence-electron chi connectivity index (χ2n) is 5.31. The van der Waals surface area contributed by atoms with Crippen molar-refractivity contribution in [1.29, 1.82) is 0 Å². The summed E-state index contributed by atoms with van der Waals surface area (Å²) in [4.78, 5) is 8.29. The lowest BCUT2D eigenvalue weighted by atomic mass is 9.67. The van der Waals surface area contributed by atoms with Gasteiger partial charge in [0.2, 0.25) is 5.88 Å². The monoisotopic (exact) mass is 269 g/mol. The predicted octanol–water partition coefficient (Wildman–Crippen LogP) is 3.08. The van der Waals surface area contributed by atoms with Crippen LogP contribution in [0.1, 0.15) is 33.6 Å². The van der Waals surface area contributed by atoms with Gasteiger partial charge in [-0.25, -0.2) is 9.97 Å². The minimum absolute atomic E-state index is 0.0942. The molecule has 1 N–H and O–H groups in total. The van der Waals surface area contributed by atoms with Gasteiger partial charge in [-0.15, -0.1) is 11.6 Å². The third-order valence-electron chi connectivity index (χ3n) is 3.57. The van der Waals surface area contributed by atoms with E-state index in [1.165, 1.54) is 6.33 Å². The van der Waals surface area contributed by atoms with Gasteiger partial charge in [0.1, 0.15) is 12.1 Å². The van der Waals surface area contributed by atoms with Crippen molar-refractivity contribution >= 4 is 17.4 Å². The number of ether oxygens (including phenoxy) is 1. The number of hydrogen-bond acceptors (Lipinski definition) is 4. The Labute approximate surface area is 113 Å². The van der Waals surface area contributed by atoms with Gasteiger partial charge in [0.05, 0.1) is 6.61 Å². The average Bonchev–Trinajstić information content (AvgIpc) is 2.36. The fraction of sp³-hybridized carbons (Fsp3) is 0.692. The summed E-state index contributed by atoms with van der Waals surface area (Å²) in [5, 5.41) is 3.63. The second kappa shape index (κ2) is 5.31. The van der Waals surface area contributed by atoms with Crippen LogP contribution in [0.15, 0.2) is 12.4 Å². The van der Waals surface area contributed by atoms with Gasteiger partial charge >= 0.3 is 0 Å². The molecule has 1 aliphatic rings. The molecule has 5 heteroatoms. The number of hydrogen-bond donors (Lipinski definition) is 1. The van der Waals surface area contributed by atoms with Gasteiger partial charge in [-0.3, -0.25) is 0 Å². The van der Waals surface area contributed by atoms with Gasteiger partial charge in [-0.1, -0.05) is 20.8 Å². The molecule has 0 bridgehead atoms. The summed E-state index contributed by atoms with van der Waals surface area (Å²) in [7, 11) is 0. The van der Waals surface area contributed by atoms with E-state index in [1.54, 1.807) is 0 Å². The van der Waals surface area contributed by atoms with Crippen molar-refractivity contribution in [3.8, 4) is 5.88 Å². The van der Waals surface area contributed by atoms with E-state index in [0.717, 1.165) is 18.7 Å². The molecule has 100 valence electrons. The third-order valence-corrected chi connectivity index (χ3v) is 4.31. The van der Waals surface area contributed by atoms with Gasteiger partial charge in [0, 0.05) is 22.9 Å². The molecule has 18 heavy (non-hydrogen) atoms. The molecule has 2 atom stereocenters. The van der Waals surface area contributed by atoms with Crippen LogP contribution in [-0.2, 0) is 0 Å². The van der Waals surface area contributed by atoms with Crippen molar-refractivity contribution < 1.29 is 4.74 Å². The van der Waals surface area contributed by atoms with Crippen molar-refractivity contribution in [3.05, 3.63) is 12.4 Å². The molecule has 0 spiro atoms. The van der Waals surface area contributed by atoms with Gasteiger partial charge < -0.3 is 10.1 Å². The predicted molar refractivity (Wildman–Crippen MR) is 73.3 cm³/mol. The highest BCUT2D eigenvalue weighted by Gasteiger charge is 2.47. The lowest BCUT2D eigenvalue weighted by molar-refractivity contribution is 0.168. The largest absolute Gasteiger partial charge is 0.478 e. The zero-order chi connectivity index (χ0) is 13.2. The molecule has 1 saturated carbocycles. The van der Waals surface area contributed by atoms with E-state index in [-0.39, 0.29) is 10.8 Å². The molecule has 0 amide bonds. The maximum absolute atomic E-state index is 6.20. The fourth-order valence-electron chi connectivity index (χ4n) is 2.00. The van der Waals surface area contributed by atoms with Gasteiger partial charge in [-0.2, -0.15) is 0 Å². The molecule has 1 aliphatic carbocycles. The molecule has 0 aliphatic heterocycles. The molecule has 2 unspecified atom stereocenters. The number of rotatable bonds is 5. The first kappa shape index (κ1) is 13.4. The number of anilines is 1. The highest BCUT2D eigenvalue weighted by molar-refractivity contribution is 6.21. The van der Waals surface area contributed by atoms with Crippen LogP contribution in [0.25, 0.3) is 0 Å². The number of nitrogens with zero attached hydrogens (tertiary/aromatic N) is 2. The molecule has 1 aromatic heterocycles. The zero-order valence-corrected chi connectivity index (χ0v) is 11.9. The van der Waals surface area contributed by atoms with E-state index < -0.39 is 0 Å². The number of aromatic nitrogens is 2. The van der Waals surface area contributed by atoms with Crippen LogP contribution in [0.5, 0.6) is 5.88 Å². The Morgan fingerprint density at radius 2 is 2.28 bits per heavy atom. The van der Waals surface area contributed by atoms with Crippen LogP contribution in [0.4, 0.5) is 5.82 Å². The SMILES string of the molecule is CCCOc1cc(NC2CC(Cl)C2(C)C)ncn1. The number of alkyl halides is 1. The maximum atomic E-state index is 6.20. The molecule has 1 aromatic rings. The molecule has 0 saturated heterocycles. The van der Waals surface area contributed by atoms with Crippen molar-refractivity contribution in [3.63, 3.8) is 0 Å². The van der Waals surface area contributed by atoms with Crippen LogP contribution in [0.2, 0.25) is 0 Å². The van der Waals surface area contributed by atoms with Crippen LogP contribution in [0, 0.1) is 5.41 Å². The van der Waals surface area contributed by atoms with Crippen molar-refractivity contribution in [2.75, 3.05) is 11.9 Å². The third kappa shape index (κ3) is 2.69. The first-order valence-electron chi connectivity index (χ1n) is 6.39. The van der Waals surface area contributed by atoms with Crippen LogP contribution in [0.3, 0.4) is 0 Å². The minimum Gasteiger partial charge on any atom is -0.478 e. The van der Waals surface area contributed by atoms with Crippen molar-refractivity contribution in [2.24, 2.45) is 5.41 Å². The second-order valence-corrected chi connectivity index (χ2v) is 5.84. The normalized spacial score (nSPS) is 25.3. The lowest BCUT2D eigenvalue weighted by Crippen LogP contribution is -2.54. The van der Waals surface area contributed by atoms with Crippen LogP contribution >= 0.6 is 11.6 Å². The Morgan fingerprint density at radius 3 is 2.89 bits per heavy atom. The summed E-state index contributed by atoms with van der Waals surface area (Å²) >= 11 is 6.20. The Morgan fingerprint density at radius 1 is 1.50 bits per heavy atom. The summed E-state index contributed by atoms with van der Waals surface area (Å²) in [5.41, 5.74) is 0.0942. The molecule has 0 aromatic carbocycles. The molecule has 0 radical (unpaired) electrons. The fourth-order valence-corrected chi connectivity index (χ4v) is 2.33. The van der Waals surface area contributed by atoms with E-state index in [2.05, 4.69) is 36.1 Å². The standard InChI is InChI=1S/C13H20ClN3O/c1-4-5-18-12-7-11(15-8-16-12)17-10-6-9(14)13(10,2)3/h7-10H,4-6H2,1-3H3,(H,15,16,17). The van der Waals surface area contributed by atoms with E-state index in [9.17, 15) is 0 Å². The molecule has 4 nitrogen and oxygen atoms in total. The van der Waals surface area contributed by atoms with Crippen molar-refractivity contribution in [2.45, 2.75) is 45.0 Å². The minimum atomic E-state index is 0.0942. The molecular formula is C13H20ClN3O. The first-order valence-corrected chi connectivity index (χ1v) is 6.83. The molecule has 1 heterocycles. The summed E-state index contributed by atoms with van der Waals surface area (Å²) in [6, 6.07) is 2.20. The topological polar surface area (TPSA) is 47.0 Å². The molecule has 2 rings (SSSR count). The smallest absolute Gasteiger partial charge is 0.218 e. The molecule has 1 fully saturated rings. The number of nitrogens with one attached hydrogen (secondary N) is 1. The Bertz CT molecular complexity index is 411. The summed E-state index contributed by atoms with van der Waals surface area (Å²) in [5.74, 6) is 1.42. The maximum Gasteiger partial charge on any atom is 0.218 e. The van der Waals surface area contributed by atoms with Gasteiger partial charge in [0.15, 0.2) is 0 Å². The lowest BCUT2D eigenvalue weighted by Gasteiger charge is -2.49. The Kier molecular flexibility index (Phi) is 3.95. The van der Waals surface area contributed by atoms with Crippen LogP contribution in [-0.4, -0.2) is 28.0 Å². The Balaban J connectivity index is 1.98. The van der Waals surface area contributed by atoms with Crippen molar-refractivity contribution in [1.82, 2.24) is 9.97 Å². The quantitative estimate of drug-likeness (QED) is 0.835. The number of halogens is 1. The van der Waals surface area contributed by atoms with E-state index in [1.807, 2.05) is 6.07 Å². The summed E-state index contributed by atoms with van der Waals surface area (Å²) in [6.07, 6.45) is 3.46. The zero-order valence-electron chi connectivity index (χ0n) is 11.1. The first-order chi connectivity index (χ1) is 8.54. The average molecular weight is 270 g/mol. The summed E-state index contributed by atoms with van der Waals surface area (Å²) < 4.78 is 5.48. The van der Waals surface area contributed by atoms with Gasteiger partial charge in [0.25, 0.3) is 0 Å². The van der Waals surface area contributed by atoms with Crippen LogP contribution < -0.4 is 10.1 Å². The van der Waals surface area contributed by atoms with E-state index in [0.29, 0.717) is 18.5 Å². The Hall–Kier alpha value is -1.03. The highest BCUT2D eigenvalue weighted by atomic mass is 35.5. The van der Waals surface area contributed by atoms with Gasteiger partial charge in [-0.05, 0) is 12.8 Å². The van der Waals surface area contributed by atoms with E-state index >= 15 is 0 Å². The van der Waals surface area contributed by atoms with E-state index in [4.69, 9.17) is 16.3 Å². The summed E-state index contributed by atoms with van der Waals surface area (Å²) in [6.45, 7) is 7.08.